The summed E-state index contributed by atoms with van der Waals surface area (Å²) in [6, 6.07) is 7.19. The molecule has 4 heteroatoms. The Bertz CT molecular complexity index is 613. The lowest BCUT2D eigenvalue weighted by molar-refractivity contribution is 0.00696. The summed E-state index contributed by atoms with van der Waals surface area (Å²) in [6.45, 7) is 7.44. The first-order valence-corrected chi connectivity index (χ1v) is 6.47. The fourth-order valence-electron chi connectivity index (χ4n) is 1.72. The van der Waals surface area contributed by atoms with E-state index in [0.717, 1.165) is 17.0 Å². The number of hydrogen-bond donors (Lipinski definition) is 0. The van der Waals surface area contributed by atoms with Gasteiger partial charge in [-0.05, 0) is 39.8 Å². The molecule has 2 aromatic rings. The average molecular weight is 270 g/mol. The molecular formula is C16H18N2O2. The van der Waals surface area contributed by atoms with E-state index in [-0.39, 0.29) is 5.97 Å². The predicted octanol–water partition coefficient (Wildman–Crippen LogP) is 3.41. The van der Waals surface area contributed by atoms with Crippen LogP contribution in [-0.2, 0) is 4.74 Å². The lowest BCUT2D eigenvalue weighted by Gasteiger charge is -2.19. The van der Waals surface area contributed by atoms with E-state index in [4.69, 9.17) is 4.74 Å². The summed E-state index contributed by atoms with van der Waals surface area (Å²) in [5, 5.41) is 0. The largest absolute Gasteiger partial charge is 0.456 e. The van der Waals surface area contributed by atoms with Crippen LogP contribution in [-0.4, -0.2) is 21.5 Å². The van der Waals surface area contributed by atoms with Gasteiger partial charge >= 0.3 is 5.97 Å². The van der Waals surface area contributed by atoms with E-state index in [2.05, 4.69) is 9.97 Å². The third-order valence-electron chi connectivity index (χ3n) is 2.57. The maximum Gasteiger partial charge on any atom is 0.338 e. The van der Waals surface area contributed by atoms with E-state index in [9.17, 15) is 4.79 Å². The lowest BCUT2D eigenvalue weighted by atomic mass is 10.1. The van der Waals surface area contributed by atoms with Crippen LogP contribution in [0.2, 0.25) is 0 Å². The quantitative estimate of drug-likeness (QED) is 0.785. The van der Waals surface area contributed by atoms with Crippen LogP contribution in [0.1, 0.15) is 36.8 Å². The number of aryl methyl sites for hydroxylation is 1. The second kappa shape index (κ2) is 5.41. The molecule has 4 nitrogen and oxygen atoms in total. The van der Waals surface area contributed by atoms with Crippen molar-refractivity contribution in [3.05, 3.63) is 47.9 Å². The van der Waals surface area contributed by atoms with Gasteiger partial charge in [0, 0.05) is 11.8 Å². The molecule has 1 heterocycles. The van der Waals surface area contributed by atoms with Gasteiger partial charge in [-0.1, -0.05) is 12.1 Å². The smallest absolute Gasteiger partial charge is 0.338 e. The molecule has 0 N–H and O–H groups in total. The van der Waals surface area contributed by atoms with Crippen molar-refractivity contribution in [2.45, 2.75) is 33.3 Å². The van der Waals surface area contributed by atoms with Gasteiger partial charge in [-0.25, -0.2) is 9.78 Å². The summed E-state index contributed by atoms with van der Waals surface area (Å²) in [4.78, 5) is 20.4. The summed E-state index contributed by atoms with van der Waals surface area (Å²) < 4.78 is 5.32. The van der Waals surface area contributed by atoms with Crippen molar-refractivity contribution in [1.82, 2.24) is 9.97 Å². The number of carbonyl (C=O) groups excluding carboxylic acids is 1. The Kier molecular flexibility index (Phi) is 3.84. The summed E-state index contributed by atoms with van der Waals surface area (Å²) in [5.74, 6) is -0.320. The van der Waals surface area contributed by atoms with Gasteiger partial charge in [0.15, 0.2) is 0 Å². The third-order valence-corrected chi connectivity index (χ3v) is 2.57. The number of ether oxygens (including phenoxy) is 1. The van der Waals surface area contributed by atoms with Crippen LogP contribution in [0.25, 0.3) is 11.3 Å². The van der Waals surface area contributed by atoms with Crippen molar-refractivity contribution in [1.29, 1.82) is 0 Å². The number of esters is 1. The van der Waals surface area contributed by atoms with E-state index in [0.29, 0.717) is 5.56 Å². The molecule has 0 amide bonds. The Balaban J connectivity index is 2.20. The SMILES string of the molecule is Cc1cncc(-c2ccc(C(=O)OC(C)(C)C)cc2)n1. The Morgan fingerprint density at radius 3 is 2.30 bits per heavy atom. The van der Waals surface area contributed by atoms with E-state index in [1.165, 1.54) is 0 Å². The Morgan fingerprint density at radius 1 is 1.10 bits per heavy atom. The average Bonchev–Trinajstić information content (AvgIpc) is 2.37. The van der Waals surface area contributed by atoms with Crippen molar-refractivity contribution >= 4 is 5.97 Å². The van der Waals surface area contributed by atoms with E-state index >= 15 is 0 Å². The highest BCUT2D eigenvalue weighted by Crippen LogP contribution is 2.18. The van der Waals surface area contributed by atoms with Gasteiger partial charge in [-0.2, -0.15) is 0 Å². The molecule has 0 saturated carbocycles. The minimum absolute atomic E-state index is 0.320. The Morgan fingerprint density at radius 2 is 1.75 bits per heavy atom. The summed E-state index contributed by atoms with van der Waals surface area (Å²) >= 11 is 0. The monoisotopic (exact) mass is 270 g/mol. The van der Waals surface area contributed by atoms with Crippen molar-refractivity contribution in [3.8, 4) is 11.3 Å². The highest BCUT2D eigenvalue weighted by molar-refractivity contribution is 5.90. The van der Waals surface area contributed by atoms with Crippen molar-refractivity contribution in [2.75, 3.05) is 0 Å². The molecule has 1 aromatic heterocycles. The Labute approximate surface area is 118 Å². The highest BCUT2D eigenvalue weighted by Gasteiger charge is 2.17. The van der Waals surface area contributed by atoms with Gasteiger partial charge in [0.2, 0.25) is 0 Å². The number of benzene rings is 1. The summed E-state index contributed by atoms with van der Waals surface area (Å²) in [6.07, 6.45) is 3.41. The van der Waals surface area contributed by atoms with Crippen LogP contribution in [0.4, 0.5) is 0 Å². The lowest BCUT2D eigenvalue weighted by Crippen LogP contribution is -2.23. The fraction of sp³-hybridized carbons (Fsp3) is 0.312. The van der Waals surface area contributed by atoms with E-state index < -0.39 is 5.60 Å². The molecule has 0 saturated heterocycles. The van der Waals surface area contributed by atoms with Crippen LogP contribution >= 0.6 is 0 Å². The molecule has 104 valence electrons. The van der Waals surface area contributed by atoms with E-state index in [1.807, 2.05) is 39.8 Å². The summed E-state index contributed by atoms with van der Waals surface area (Å²) in [5.41, 5.74) is 2.62. The van der Waals surface area contributed by atoms with Crippen molar-refractivity contribution < 1.29 is 9.53 Å². The maximum absolute atomic E-state index is 11.9. The van der Waals surface area contributed by atoms with Gasteiger partial charge in [0.1, 0.15) is 5.60 Å². The highest BCUT2D eigenvalue weighted by atomic mass is 16.6. The molecular weight excluding hydrogens is 252 g/mol. The Hall–Kier alpha value is -2.23. The molecule has 0 unspecified atom stereocenters. The second-order valence-corrected chi connectivity index (χ2v) is 5.62. The molecule has 0 bridgehead atoms. The molecule has 0 aliphatic heterocycles. The van der Waals surface area contributed by atoms with Crippen molar-refractivity contribution in [2.24, 2.45) is 0 Å². The summed E-state index contributed by atoms with van der Waals surface area (Å²) in [7, 11) is 0. The second-order valence-electron chi connectivity index (χ2n) is 5.62. The van der Waals surface area contributed by atoms with Crippen LogP contribution in [0.3, 0.4) is 0 Å². The van der Waals surface area contributed by atoms with Crippen LogP contribution in [0.15, 0.2) is 36.7 Å². The fourth-order valence-corrected chi connectivity index (χ4v) is 1.72. The van der Waals surface area contributed by atoms with Crippen molar-refractivity contribution in [3.63, 3.8) is 0 Å². The molecule has 0 fully saturated rings. The maximum atomic E-state index is 11.9. The van der Waals surface area contributed by atoms with Gasteiger partial charge in [0.05, 0.1) is 23.1 Å². The zero-order valence-electron chi connectivity index (χ0n) is 12.2. The van der Waals surface area contributed by atoms with Crippen LogP contribution in [0.5, 0.6) is 0 Å². The van der Waals surface area contributed by atoms with Gasteiger partial charge in [-0.3, -0.25) is 4.98 Å². The molecule has 0 atom stereocenters. The molecule has 20 heavy (non-hydrogen) atoms. The number of carbonyl (C=O) groups is 1. The van der Waals surface area contributed by atoms with Crippen LogP contribution < -0.4 is 0 Å². The van der Waals surface area contributed by atoms with Gasteiger partial charge in [0.25, 0.3) is 0 Å². The molecule has 2 rings (SSSR count). The first kappa shape index (κ1) is 14.2. The number of nitrogens with zero attached hydrogens (tertiary/aromatic N) is 2. The minimum Gasteiger partial charge on any atom is -0.456 e. The first-order chi connectivity index (χ1) is 9.35. The zero-order chi connectivity index (χ0) is 14.8. The molecule has 0 spiro atoms. The molecule has 0 aliphatic rings. The number of hydrogen-bond acceptors (Lipinski definition) is 4. The number of rotatable bonds is 2. The van der Waals surface area contributed by atoms with Gasteiger partial charge < -0.3 is 4.74 Å². The topological polar surface area (TPSA) is 52.1 Å². The zero-order valence-corrected chi connectivity index (χ0v) is 12.2. The third kappa shape index (κ3) is 3.63. The predicted molar refractivity (Wildman–Crippen MR) is 77.4 cm³/mol. The number of aromatic nitrogens is 2. The first-order valence-electron chi connectivity index (χ1n) is 6.47. The normalized spacial score (nSPS) is 11.2. The molecule has 1 aromatic carbocycles. The standard InChI is InChI=1S/C16H18N2O2/c1-11-9-17-10-14(18-11)12-5-7-13(8-6-12)15(19)20-16(2,3)4/h5-10H,1-4H3. The minimum atomic E-state index is -0.488. The molecule has 0 radical (unpaired) electrons. The van der Waals surface area contributed by atoms with Crippen LogP contribution in [0, 0.1) is 6.92 Å². The van der Waals surface area contributed by atoms with E-state index in [1.54, 1.807) is 24.5 Å². The van der Waals surface area contributed by atoms with Gasteiger partial charge in [-0.15, -0.1) is 0 Å². The molecule has 0 aliphatic carbocycles.